The van der Waals surface area contributed by atoms with Crippen molar-refractivity contribution in [3.63, 3.8) is 0 Å². The zero-order valence-corrected chi connectivity index (χ0v) is 7.45. The highest BCUT2D eigenvalue weighted by Gasteiger charge is 2.23. The molecule has 1 heterocycles. The van der Waals surface area contributed by atoms with Gasteiger partial charge in [-0.05, 0) is 11.4 Å². The van der Waals surface area contributed by atoms with Crippen LogP contribution in [0.25, 0.3) is 0 Å². The zero-order chi connectivity index (χ0) is 9.84. The van der Waals surface area contributed by atoms with Gasteiger partial charge in [0.25, 0.3) is 0 Å². The van der Waals surface area contributed by atoms with Crippen LogP contribution >= 0.6 is 11.3 Å². The van der Waals surface area contributed by atoms with Crippen LogP contribution in [0.1, 0.15) is 17.2 Å². The molecule has 0 aliphatic rings. The van der Waals surface area contributed by atoms with Crippen LogP contribution in [0.5, 0.6) is 0 Å². The number of rotatable bonds is 4. The highest BCUT2D eigenvalue weighted by molar-refractivity contribution is 7.10. The summed E-state index contributed by atoms with van der Waals surface area (Å²) in [4.78, 5) is 21.6. The first kappa shape index (κ1) is 9.73. The third-order valence-corrected chi connectivity index (χ3v) is 2.55. The van der Waals surface area contributed by atoms with Crippen molar-refractivity contribution >= 4 is 23.3 Å². The fourth-order valence-corrected chi connectivity index (χ4v) is 1.79. The number of carbonyl (C=O) groups is 2. The summed E-state index contributed by atoms with van der Waals surface area (Å²) in [5.74, 6) is -3.11. The molecule has 1 aromatic rings. The van der Waals surface area contributed by atoms with E-state index >= 15 is 0 Å². The van der Waals surface area contributed by atoms with E-state index in [0.717, 1.165) is 0 Å². The molecule has 1 aromatic heterocycles. The number of aliphatic carboxylic acids is 2. The fraction of sp³-hybridized carbons (Fsp3) is 0.250. The molecular weight excluding hydrogens is 192 g/mol. The van der Waals surface area contributed by atoms with Gasteiger partial charge in [-0.15, -0.1) is 11.3 Å². The van der Waals surface area contributed by atoms with Gasteiger partial charge in [-0.3, -0.25) is 9.59 Å². The maximum Gasteiger partial charge on any atom is 0.312 e. The lowest BCUT2D eigenvalue weighted by Crippen LogP contribution is -2.14. The van der Waals surface area contributed by atoms with Gasteiger partial charge in [0.2, 0.25) is 0 Å². The van der Waals surface area contributed by atoms with Crippen molar-refractivity contribution in [1.82, 2.24) is 0 Å². The molecule has 0 saturated heterocycles. The predicted molar refractivity (Wildman–Crippen MR) is 46.9 cm³/mol. The Morgan fingerprint density at radius 3 is 2.54 bits per heavy atom. The molecule has 4 nitrogen and oxygen atoms in total. The van der Waals surface area contributed by atoms with Crippen LogP contribution in [0.3, 0.4) is 0 Å². The van der Waals surface area contributed by atoms with Crippen LogP contribution in [-0.2, 0) is 9.59 Å². The second kappa shape index (κ2) is 4.04. The Morgan fingerprint density at radius 1 is 1.46 bits per heavy atom. The van der Waals surface area contributed by atoms with Gasteiger partial charge in [0, 0.05) is 4.88 Å². The molecule has 13 heavy (non-hydrogen) atoms. The second-order valence-electron chi connectivity index (χ2n) is 2.50. The van der Waals surface area contributed by atoms with Gasteiger partial charge in [-0.1, -0.05) is 6.07 Å². The van der Waals surface area contributed by atoms with Gasteiger partial charge < -0.3 is 10.2 Å². The van der Waals surface area contributed by atoms with E-state index in [1.165, 1.54) is 11.3 Å². The Labute approximate surface area is 78.4 Å². The smallest absolute Gasteiger partial charge is 0.312 e. The Kier molecular flexibility index (Phi) is 3.02. The SMILES string of the molecule is O=C(O)CC(C(=O)O)c1cccs1. The third-order valence-electron chi connectivity index (χ3n) is 1.56. The maximum atomic E-state index is 10.7. The van der Waals surface area contributed by atoms with Crippen molar-refractivity contribution in [3.05, 3.63) is 22.4 Å². The first-order valence-corrected chi connectivity index (χ1v) is 4.47. The minimum Gasteiger partial charge on any atom is -0.481 e. The quantitative estimate of drug-likeness (QED) is 0.770. The van der Waals surface area contributed by atoms with E-state index in [4.69, 9.17) is 10.2 Å². The van der Waals surface area contributed by atoms with Crippen molar-refractivity contribution in [2.24, 2.45) is 0 Å². The Balaban J connectivity index is 2.81. The van der Waals surface area contributed by atoms with Crippen LogP contribution in [0.4, 0.5) is 0 Å². The van der Waals surface area contributed by atoms with Crippen LogP contribution in [0.15, 0.2) is 17.5 Å². The summed E-state index contributed by atoms with van der Waals surface area (Å²) >= 11 is 1.26. The molecule has 0 aliphatic carbocycles. The lowest BCUT2D eigenvalue weighted by molar-refractivity contribution is -0.145. The minimum absolute atomic E-state index is 0.365. The number of thiophene rings is 1. The Bertz CT molecular complexity index is 304. The first-order chi connectivity index (χ1) is 6.11. The molecule has 0 bridgehead atoms. The molecule has 1 atom stereocenters. The van der Waals surface area contributed by atoms with E-state index in [1.807, 2.05) is 0 Å². The fourth-order valence-electron chi connectivity index (χ4n) is 0.974. The van der Waals surface area contributed by atoms with Crippen LogP contribution in [0, 0.1) is 0 Å². The third kappa shape index (κ3) is 2.55. The van der Waals surface area contributed by atoms with Crippen molar-refractivity contribution < 1.29 is 19.8 Å². The van der Waals surface area contributed by atoms with E-state index in [9.17, 15) is 9.59 Å². The molecule has 0 amide bonds. The average molecular weight is 200 g/mol. The predicted octanol–water partition coefficient (Wildman–Crippen LogP) is 1.39. The van der Waals surface area contributed by atoms with E-state index in [0.29, 0.717) is 4.88 Å². The van der Waals surface area contributed by atoms with Crippen LogP contribution < -0.4 is 0 Å². The standard InChI is InChI=1S/C8H8O4S/c9-7(10)4-5(8(11)12)6-2-1-3-13-6/h1-3,5H,4H2,(H,9,10)(H,11,12). The number of carboxylic acids is 2. The molecule has 1 rings (SSSR count). The van der Waals surface area contributed by atoms with Gasteiger partial charge >= 0.3 is 11.9 Å². The largest absolute Gasteiger partial charge is 0.481 e. The Morgan fingerprint density at radius 2 is 2.15 bits per heavy atom. The van der Waals surface area contributed by atoms with Crippen molar-refractivity contribution in [2.75, 3.05) is 0 Å². The first-order valence-electron chi connectivity index (χ1n) is 3.59. The maximum absolute atomic E-state index is 10.7. The summed E-state index contributed by atoms with van der Waals surface area (Å²) in [5.41, 5.74) is 0. The van der Waals surface area contributed by atoms with Gasteiger partial charge in [-0.2, -0.15) is 0 Å². The molecule has 0 spiro atoms. The van der Waals surface area contributed by atoms with Gasteiger partial charge in [0.05, 0.1) is 6.42 Å². The minimum atomic E-state index is -1.10. The highest BCUT2D eigenvalue weighted by atomic mass is 32.1. The molecule has 5 heteroatoms. The number of carboxylic acid groups (broad SMARTS) is 2. The van der Waals surface area contributed by atoms with E-state index in [1.54, 1.807) is 17.5 Å². The zero-order valence-electron chi connectivity index (χ0n) is 6.64. The number of hydrogen-bond acceptors (Lipinski definition) is 3. The van der Waals surface area contributed by atoms with Crippen LogP contribution in [0.2, 0.25) is 0 Å². The summed E-state index contributed by atoms with van der Waals surface area (Å²) in [5, 5.41) is 18.9. The molecule has 0 radical (unpaired) electrons. The monoisotopic (exact) mass is 200 g/mol. The summed E-state index contributed by atoms with van der Waals surface area (Å²) in [6, 6.07) is 3.34. The van der Waals surface area contributed by atoms with E-state index in [2.05, 4.69) is 0 Å². The molecule has 0 fully saturated rings. The van der Waals surface area contributed by atoms with Gasteiger partial charge in [-0.25, -0.2) is 0 Å². The second-order valence-corrected chi connectivity index (χ2v) is 3.48. The molecular formula is C8H8O4S. The highest BCUT2D eigenvalue weighted by Crippen LogP contribution is 2.24. The van der Waals surface area contributed by atoms with E-state index < -0.39 is 17.9 Å². The van der Waals surface area contributed by atoms with E-state index in [-0.39, 0.29) is 6.42 Å². The molecule has 0 saturated carbocycles. The van der Waals surface area contributed by atoms with Crippen molar-refractivity contribution in [1.29, 1.82) is 0 Å². The molecule has 0 aromatic carbocycles. The lowest BCUT2D eigenvalue weighted by atomic mass is 10.0. The van der Waals surface area contributed by atoms with Crippen LogP contribution in [-0.4, -0.2) is 22.2 Å². The summed E-state index contributed by atoms with van der Waals surface area (Å²) < 4.78 is 0. The molecule has 2 N–H and O–H groups in total. The topological polar surface area (TPSA) is 74.6 Å². The number of hydrogen-bond donors (Lipinski definition) is 2. The molecule has 70 valence electrons. The normalized spacial score (nSPS) is 12.3. The molecule has 0 aliphatic heterocycles. The Hall–Kier alpha value is -1.36. The summed E-state index contributed by atoms with van der Waals surface area (Å²) in [6.07, 6.45) is -0.365. The summed E-state index contributed by atoms with van der Waals surface area (Å²) in [7, 11) is 0. The summed E-state index contributed by atoms with van der Waals surface area (Å²) in [6.45, 7) is 0. The lowest BCUT2D eigenvalue weighted by Gasteiger charge is -2.05. The van der Waals surface area contributed by atoms with Crippen molar-refractivity contribution in [2.45, 2.75) is 12.3 Å². The molecule has 1 unspecified atom stereocenters. The van der Waals surface area contributed by atoms with Crippen molar-refractivity contribution in [3.8, 4) is 0 Å². The van der Waals surface area contributed by atoms with Gasteiger partial charge in [0.15, 0.2) is 0 Å². The van der Waals surface area contributed by atoms with Gasteiger partial charge in [0.1, 0.15) is 5.92 Å². The average Bonchev–Trinajstić information content (AvgIpc) is 2.50.